The first-order valence-electron chi connectivity index (χ1n) is 5.07. The predicted molar refractivity (Wildman–Crippen MR) is 59.3 cm³/mol. The number of amides is 1. The average molecular weight is 234 g/mol. The molecule has 1 fully saturated rings. The molecule has 0 bridgehead atoms. The van der Waals surface area contributed by atoms with E-state index in [0.29, 0.717) is 13.0 Å². The van der Waals surface area contributed by atoms with Crippen molar-refractivity contribution in [2.75, 3.05) is 18.0 Å². The van der Waals surface area contributed by atoms with Gasteiger partial charge >= 0.3 is 0 Å². The molecule has 0 saturated carbocycles. The molecule has 1 atom stereocenters. The van der Waals surface area contributed by atoms with Crippen LogP contribution in [0.15, 0.2) is 22.2 Å². The van der Waals surface area contributed by atoms with Gasteiger partial charge in [-0.1, -0.05) is 5.11 Å². The number of rotatable bonds is 3. The molecule has 2 heterocycles. The molecule has 0 spiro atoms. The Bertz CT molecular complexity index is 532. The van der Waals surface area contributed by atoms with E-state index in [1.807, 2.05) is 0 Å². The molecule has 2 rings (SSSR count). The van der Waals surface area contributed by atoms with Crippen LogP contribution in [0.3, 0.4) is 0 Å². The Balaban J connectivity index is 2.15. The topological polar surface area (TPSA) is 115 Å². The van der Waals surface area contributed by atoms with Crippen LogP contribution >= 0.6 is 0 Å². The number of hydrogen-bond donors (Lipinski definition) is 1. The van der Waals surface area contributed by atoms with Crippen LogP contribution < -0.4 is 10.5 Å². The molecule has 1 unspecified atom stereocenters. The van der Waals surface area contributed by atoms with Gasteiger partial charge in [-0.25, -0.2) is 4.98 Å². The van der Waals surface area contributed by atoms with Gasteiger partial charge in [-0.05, 0) is 11.4 Å². The van der Waals surface area contributed by atoms with Crippen molar-refractivity contribution in [3.8, 4) is 0 Å². The second-order valence-electron chi connectivity index (χ2n) is 3.75. The highest BCUT2D eigenvalue weighted by atomic mass is 16.2. The predicted octanol–water partition coefficient (Wildman–Crippen LogP) is 0.433. The lowest BCUT2D eigenvalue weighted by Crippen LogP contribution is -2.28. The van der Waals surface area contributed by atoms with Crippen molar-refractivity contribution < 1.29 is 4.79 Å². The van der Waals surface area contributed by atoms with E-state index in [4.69, 9.17) is 5.53 Å². The van der Waals surface area contributed by atoms with Crippen LogP contribution in [0.5, 0.6) is 0 Å². The molecule has 0 radical (unpaired) electrons. The number of aromatic amines is 1. The van der Waals surface area contributed by atoms with E-state index in [1.165, 1.54) is 17.2 Å². The molecular formula is C9H10N6O2. The fourth-order valence-electron chi connectivity index (χ4n) is 1.76. The standard InChI is InChI=1S/C9H10N6O2/c10-14-12-4-6-3-8(17)15(5-6)9-11-2-1-7(16)13-9/h1-2,6H,3-5H2,(H,11,13,16). The first-order chi connectivity index (χ1) is 8.20. The van der Waals surface area contributed by atoms with Gasteiger partial charge in [0.05, 0.1) is 0 Å². The number of anilines is 1. The van der Waals surface area contributed by atoms with Crippen LogP contribution in [-0.2, 0) is 4.79 Å². The lowest BCUT2D eigenvalue weighted by molar-refractivity contribution is -0.117. The number of H-pyrrole nitrogens is 1. The van der Waals surface area contributed by atoms with Gasteiger partial charge in [-0.3, -0.25) is 19.5 Å². The van der Waals surface area contributed by atoms with E-state index in [9.17, 15) is 9.59 Å². The molecule has 8 heteroatoms. The third-order valence-electron chi connectivity index (χ3n) is 2.52. The van der Waals surface area contributed by atoms with Crippen molar-refractivity contribution in [2.45, 2.75) is 6.42 Å². The maximum absolute atomic E-state index is 11.7. The molecule has 1 N–H and O–H groups in total. The second kappa shape index (κ2) is 4.67. The van der Waals surface area contributed by atoms with E-state index >= 15 is 0 Å². The minimum absolute atomic E-state index is 0.0242. The highest BCUT2D eigenvalue weighted by Crippen LogP contribution is 2.21. The Morgan fingerprint density at radius 2 is 2.47 bits per heavy atom. The van der Waals surface area contributed by atoms with E-state index in [0.717, 1.165) is 0 Å². The highest BCUT2D eigenvalue weighted by molar-refractivity contribution is 5.94. The van der Waals surface area contributed by atoms with Crippen LogP contribution in [-0.4, -0.2) is 29.0 Å². The minimum atomic E-state index is -0.304. The largest absolute Gasteiger partial charge is 0.292 e. The van der Waals surface area contributed by atoms with Crippen LogP contribution in [0.25, 0.3) is 10.4 Å². The number of carbonyl (C=O) groups excluding carboxylic acids is 1. The summed E-state index contributed by atoms with van der Waals surface area (Å²) in [6.07, 6.45) is 1.65. The number of nitrogens with one attached hydrogen (secondary N) is 1. The zero-order chi connectivity index (χ0) is 12.3. The number of aromatic nitrogens is 2. The van der Waals surface area contributed by atoms with Gasteiger partial charge in [0.15, 0.2) is 0 Å². The van der Waals surface area contributed by atoms with Crippen molar-refractivity contribution in [1.29, 1.82) is 0 Å². The molecule has 1 aliphatic heterocycles. The Hall–Kier alpha value is -2.34. The molecular weight excluding hydrogens is 224 g/mol. The van der Waals surface area contributed by atoms with Gasteiger partial charge in [-0.2, -0.15) is 0 Å². The molecule has 8 nitrogen and oxygen atoms in total. The zero-order valence-electron chi connectivity index (χ0n) is 8.91. The van der Waals surface area contributed by atoms with Crippen LogP contribution in [0.4, 0.5) is 5.95 Å². The Labute approximate surface area is 95.9 Å². The lowest BCUT2D eigenvalue weighted by atomic mass is 10.1. The molecule has 1 aliphatic rings. The summed E-state index contributed by atoms with van der Waals surface area (Å²) in [5.41, 5.74) is 7.91. The molecule has 0 aromatic carbocycles. The van der Waals surface area contributed by atoms with Gasteiger partial charge < -0.3 is 0 Å². The van der Waals surface area contributed by atoms with Crippen LogP contribution in [0, 0.1) is 5.92 Å². The van der Waals surface area contributed by atoms with Gasteiger partial charge in [-0.15, -0.1) is 0 Å². The average Bonchev–Trinajstić information content (AvgIpc) is 2.68. The van der Waals surface area contributed by atoms with Crippen molar-refractivity contribution in [2.24, 2.45) is 11.0 Å². The minimum Gasteiger partial charge on any atom is -0.292 e. The summed E-state index contributed by atoms with van der Waals surface area (Å²) in [4.78, 5) is 33.3. The summed E-state index contributed by atoms with van der Waals surface area (Å²) in [6.45, 7) is 0.681. The number of carbonyl (C=O) groups is 1. The van der Waals surface area contributed by atoms with E-state index < -0.39 is 0 Å². The third-order valence-corrected chi connectivity index (χ3v) is 2.52. The SMILES string of the molecule is [N-]=[N+]=NCC1CC(=O)N(c2nccc(=O)[nH]2)C1. The van der Waals surface area contributed by atoms with Gasteiger partial charge in [0.1, 0.15) is 0 Å². The maximum atomic E-state index is 11.7. The molecule has 0 aliphatic carbocycles. The van der Waals surface area contributed by atoms with Crippen LogP contribution in [0.1, 0.15) is 6.42 Å². The third kappa shape index (κ3) is 2.43. The van der Waals surface area contributed by atoms with Crippen molar-refractivity contribution in [3.63, 3.8) is 0 Å². The summed E-state index contributed by atoms with van der Waals surface area (Å²) in [5, 5.41) is 3.44. The Morgan fingerprint density at radius 1 is 1.65 bits per heavy atom. The monoisotopic (exact) mass is 234 g/mol. The van der Waals surface area contributed by atoms with Gasteiger partial charge in [0.25, 0.3) is 5.56 Å². The summed E-state index contributed by atoms with van der Waals surface area (Å²) < 4.78 is 0. The van der Waals surface area contributed by atoms with Crippen LogP contribution in [0.2, 0.25) is 0 Å². The molecule has 17 heavy (non-hydrogen) atoms. The van der Waals surface area contributed by atoms with Crippen molar-refractivity contribution >= 4 is 11.9 Å². The number of nitrogens with zero attached hydrogens (tertiary/aromatic N) is 5. The first-order valence-corrected chi connectivity index (χ1v) is 5.07. The number of azide groups is 1. The Morgan fingerprint density at radius 3 is 3.18 bits per heavy atom. The smallest absolute Gasteiger partial charge is 0.252 e. The molecule has 1 saturated heterocycles. The highest BCUT2D eigenvalue weighted by Gasteiger charge is 2.31. The van der Waals surface area contributed by atoms with E-state index in [2.05, 4.69) is 20.0 Å². The van der Waals surface area contributed by atoms with Crippen molar-refractivity contribution in [1.82, 2.24) is 9.97 Å². The molecule has 1 aromatic rings. The molecule has 1 aromatic heterocycles. The van der Waals surface area contributed by atoms with Crippen molar-refractivity contribution in [3.05, 3.63) is 33.1 Å². The lowest BCUT2D eigenvalue weighted by Gasteiger charge is -2.13. The zero-order valence-corrected chi connectivity index (χ0v) is 8.91. The quantitative estimate of drug-likeness (QED) is 0.464. The van der Waals surface area contributed by atoms with E-state index in [1.54, 1.807) is 0 Å². The maximum Gasteiger partial charge on any atom is 0.252 e. The second-order valence-corrected chi connectivity index (χ2v) is 3.75. The summed E-state index contributed by atoms with van der Waals surface area (Å²) >= 11 is 0. The summed E-state index contributed by atoms with van der Waals surface area (Å²) in [6, 6.07) is 1.28. The molecule has 88 valence electrons. The number of hydrogen-bond acceptors (Lipinski definition) is 4. The normalized spacial score (nSPS) is 19.2. The van der Waals surface area contributed by atoms with Gasteiger partial charge in [0, 0.05) is 36.7 Å². The first kappa shape index (κ1) is 11.2. The summed E-state index contributed by atoms with van der Waals surface area (Å²) in [5.74, 6) is 0.0901. The summed E-state index contributed by atoms with van der Waals surface area (Å²) in [7, 11) is 0. The van der Waals surface area contributed by atoms with E-state index in [-0.39, 0.29) is 29.9 Å². The molecule has 1 amide bonds. The Kier molecular flexibility index (Phi) is 3.06. The van der Waals surface area contributed by atoms with Gasteiger partial charge in [0.2, 0.25) is 11.9 Å². The fraction of sp³-hybridized carbons (Fsp3) is 0.444. The fourth-order valence-corrected chi connectivity index (χ4v) is 1.76.